The molecule has 0 aliphatic heterocycles. The lowest BCUT2D eigenvalue weighted by molar-refractivity contribution is 0.378. The van der Waals surface area contributed by atoms with E-state index in [2.05, 4.69) is 30.9 Å². The maximum absolute atomic E-state index is 9.30. The van der Waals surface area contributed by atoms with Gasteiger partial charge in [0.1, 0.15) is 6.07 Å². The van der Waals surface area contributed by atoms with Crippen LogP contribution in [0.3, 0.4) is 0 Å². The smallest absolute Gasteiger partial charge is 0.101 e. The third-order valence-electron chi connectivity index (χ3n) is 4.11. The molecule has 1 aromatic carbocycles. The van der Waals surface area contributed by atoms with Crippen LogP contribution in [0.1, 0.15) is 43.7 Å². The van der Waals surface area contributed by atoms with Gasteiger partial charge in [-0.05, 0) is 57.2 Å². The van der Waals surface area contributed by atoms with Crippen LogP contribution < -0.4 is 10.6 Å². The summed E-state index contributed by atoms with van der Waals surface area (Å²) in [6.45, 7) is 5.19. The van der Waals surface area contributed by atoms with E-state index in [0.29, 0.717) is 12.1 Å². The number of aryl methyl sites for hydroxylation is 1. The second-order valence-electron chi connectivity index (χ2n) is 5.49. The number of nitriles is 1. The molecule has 0 spiro atoms. The monoisotopic (exact) mass is 257 g/mol. The minimum absolute atomic E-state index is 0.364. The molecule has 1 aliphatic rings. The van der Waals surface area contributed by atoms with Gasteiger partial charge >= 0.3 is 0 Å². The second kappa shape index (κ2) is 6.08. The highest BCUT2D eigenvalue weighted by Gasteiger charge is 2.24. The summed E-state index contributed by atoms with van der Waals surface area (Å²) in [6.07, 6.45) is 4.45. The number of benzene rings is 1. The van der Waals surface area contributed by atoms with Gasteiger partial charge in [-0.3, -0.25) is 0 Å². The third kappa shape index (κ3) is 3.08. The van der Waals surface area contributed by atoms with E-state index in [1.54, 1.807) is 0 Å². The van der Waals surface area contributed by atoms with E-state index in [1.807, 2.05) is 12.1 Å². The standard InChI is InChI=1S/C16H23N3/c1-3-19(15-8-6-14(18)7-9-15)16-10-12(2)4-5-13(16)11-17/h4-5,10,14-15H,3,6-9,18H2,1-2H3. The van der Waals surface area contributed by atoms with Gasteiger partial charge in [-0.15, -0.1) is 0 Å². The molecular formula is C16H23N3. The number of hydrogen-bond acceptors (Lipinski definition) is 3. The van der Waals surface area contributed by atoms with Crippen LogP contribution in [-0.2, 0) is 0 Å². The molecule has 2 N–H and O–H groups in total. The topological polar surface area (TPSA) is 53.0 Å². The third-order valence-corrected chi connectivity index (χ3v) is 4.11. The Balaban J connectivity index is 2.27. The molecule has 0 amide bonds. The van der Waals surface area contributed by atoms with Crippen LogP contribution in [0.5, 0.6) is 0 Å². The zero-order valence-corrected chi connectivity index (χ0v) is 11.9. The lowest BCUT2D eigenvalue weighted by atomic mass is 9.90. The van der Waals surface area contributed by atoms with Crippen molar-refractivity contribution in [3.05, 3.63) is 29.3 Å². The Morgan fingerprint density at radius 2 is 2.00 bits per heavy atom. The van der Waals surface area contributed by atoms with Crippen LogP contribution in [-0.4, -0.2) is 18.6 Å². The van der Waals surface area contributed by atoms with Crippen molar-refractivity contribution in [2.24, 2.45) is 5.73 Å². The van der Waals surface area contributed by atoms with Crippen LogP contribution in [0.15, 0.2) is 18.2 Å². The molecule has 0 bridgehead atoms. The van der Waals surface area contributed by atoms with E-state index in [0.717, 1.165) is 43.5 Å². The van der Waals surface area contributed by atoms with Crippen molar-refractivity contribution in [2.45, 2.75) is 51.6 Å². The summed E-state index contributed by atoms with van der Waals surface area (Å²) in [6, 6.07) is 9.28. The first-order chi connectivity index (χ1) is 9.15. The SMILES string of the molecule is CCN(c1cc(C)ccc1C#N)C1CCC(N)CC1. The van der Waals surface area contributed by atoms with Crippen LogP contribution in [0, 0.1) is 18.3 Å². The fourth-order valence-corrected chi connectivity index (χ4v) is 3.01. The molecule has 3 heteroatoms. The molecule has 0 unspecified atom stereocenters. The predicted molar refractivity (Wildman–Crippen MR) is 79.1 cm³/mol. The fraction of sp³-hybridized carbons (Fsp3) is 0.562. The number of anilines is 1. The first-order valence-electron chi connectivity index (χ1n) is 7.18. The molecule has 1 saturated carbocycles. The first kappa shape index (κ1) is 13.9. The summed E-state index contributed by atoms with van der Waals surface area (Å²) in [7, 11) is 0. The molecule has 0 heterocycles. The van der Waals surface area contributed by atoms with Crippen LogP contribution >= 0.6 is 0 Å². The molecule has 19 heavy (non-hydrogen) atoms. The molecule has 3 nitrogen and oxygen atoms in total. The fourth-order valence-electron chi connectivity index (χ4n) is 3.01. The summed E-state index contributed by atoms with van der Waals surface area (Å²) in [5, 5.41) is 9.30. The molecule has 0 aromatic heterocycles. The largest absolute Gasteiger partial charge is 0.368 e. The molecule has 2 rings (SSSR count). The molecule has 102 valence electrons. The quantitative estimate of drug-likeness (QED) is 0.905. The molecule has 1 aliphatic carbocycles. The maximum Gasteiger partial charge on any atom is 0.101 e. The normalized spacial score (nSPS) is 22.8. The summed E-state index contributed by atoms with van der Waals surface area (Å²) in [5.74, 6) is 0. The Kier molecular flexibility index (Phi) is 4.44. The van der Waals surface area contributed by atoms with Crippen molar-refractivity contribution >= 4 is 5.69 Å². The minimum Gasteiger partial charge on any atom is -0.368 e. The van der Waals surface area contributed by atoms with Crippen molar-refractivity contribution in [3.63, 3.8) is 0 Å². The average Bonchev–Trinajstić information content (AvgIpc) is 2.42. The molecule has 1 fully saturated rings. The molecule has 0 atom stereocenters. The Bertz CT molecular complexity index is 467. The van der Waals surface area contributed by atoms with E-state index < -0.39 is 0 Å². The zero-order valence-electron chi connectivity index (χ0n) is 11.9. The van der Waals surface area contributed by atoms with Gasteiger partial charge in [0.15, 0.2) is 0 Å². The second-order valence-corrected chi connectivity index (χ2v) is 5.49. The van der Waals surface area contributed by atoms with E-state index in [-0.39, 0.29) is 0 Å². The zero-order chi connectivity index (χ0) is 13.8. The predicted octanol–water partition coefficient (Wildman–Crippen LogP) is 2.96. The van der Waals surface area contributed by atoms with E-state index in [1.165, 1.54) is 5.56 Å². The number of nitrogens with zero attached hydrogens (tertiary/aromatic N) is 2. The summed E-state index contributed by atoms with van der Waals surface area (Å²) < 4.78 is 0. The Morgan fingerprint density at radius 1 is 1.32 bits per heavy atom. The van der Waals surface area contributed by atoms with Gasteiger partial charge in [-0.1, -0.05) is 6.07 Å². The molecular weight excluding hydrogens is 234 g/mol. The lowest BCUT2D eigenvalue weighted by Crippen LogP contribution is -2.41. The Hall–Kier alpha value is -1.53. The molecule has 0 radical (unpaired) electrons. The van der Waals surface area contributed by atoms with Gasteiger partial charge in [-0.2, -0.15) is 5.26 Å². The van der Waals surface area contributed by atoms with E-state index in [4.69, 9.17) is 5.73 Å². The highest BCUT2D eigenvalue weighted by Crippen LogP contribution is 2.29. The Labute approximate surface area is 116 Å². The van der Waals surface area contributed by atoms with Crippen molar-refractivity contribution in [1.82, 2.24) is 0 Å². The number of rotatable bonds is 3. The minimum atomic E-state index is 0.364. The van der Waals surface area contributed by atoms with Crippen molar-refractivity contribution in [3.8, 4) is 6.07 Å². The van der Waals surface area contributed by atoms with E-state index >= 15 is 0 Å². The van der Waals surface area contributed by atoms with E-state index in [9.17, 15) is 5.26 Å². The Morgan fingerprint density at radius 3 is 2.58 bits per heavy atom. The van der Waals surface area contributed by atoms with Gasteiger partial charge in [-0.25, -0.2) is 0 Å². The average molecular weight is 257 g/mol. The first-order valence-corrected chi connectivity index (χ1v) is 7.18. The lowest BCUT2D eigenvalue weighted by Gasteiger charge is -2.37. The van der Waals surface area contributed by atoms with Crippen molar-refractivity contribution in [1.29, 1.82) is 5.26 Å². The van der Waals surface area contributed by atoms with Crippen molar-refractivity contribution in [2.75, 3.05) is 11.4 Å². The van der Waals surface area contributed by atoms with Gasteiger partial charge in [0.2, 0.25) is 0 Å². The van der Waals surface area contributed by atoms with Crippen LogP contribution in [0.4, 0.5) is 5.69 Å². The molecule has 0 saturated heterocycles. The summed E-state index contributed by atoms with van der Waals surface area (Å²) >= 11 is 0. The van der Waals surface area contributed by atoms with Crippen LogP contribution in [0.2, 0.25) is 0 Å². The van der Waals surface area contributed by atoms with Crippen LogP contribution in [0.25, 0.3) is 0 Å². The van der Waals surface area contributed by atoms with Gasteiger partial charge in [0.05, 0.1) is 11.3 Å². The highest BCUT2D eigenvalue weighted by atomic mass is 15.2. The summed E-state index contributed by atoms with van der Waals surface area (Å²) in [4.78, 5) is 2.39. The highest BCUT2D eigenvalue weighted by molar-refractivity contribution is 5.61. The van der Waals surface area contributed by atoms with Crippen molar-refractivity contribution < 1.29 is 0 Å². The number of nitrogens with two attached hydrogens (primary N) is 1. The number of hydrogen-bond donors (Lipinski definition) is 1. The maximum atomic E-state index is 9.30. The molecule has 1 aromatic rings. The summed E-state index contributed by atoms with van der Waals surface area (Å²) in [5.41, 5.74) is 9.06. The van der Waals surface area contributed by atoms with Gasteiger partial charge < -0.3 is 10.6 Å². The van der Waals surface area contributed by atoms with Gasteiger partial charge in [0.25, 0.3) is 0 Å². The van der Waals surface area contributed by atoms with Gasteiger partial charge in [0, 0.05) is 18.6 Å².